The molecule has 16 heavy (non-hydrogen) atoms. The molecule has 1 rings (SSSR count). The molecule has 0 aliphatic carbocycles. The van der Waals surface area contributed by atoms with Crippen molar-refractivity contribution in [2.75, 3.05) is 13.1 Å². The second-order valence-electron chi connectivity index (χ2n) is 7.40. The third kappa shape index (κ3) is 2.88. The van der Waals surface area contributed by atoms with Crippen molar-refractivity contribution in [1.82, 2.24) is 4.90 Å². The predicted octanol–water partition coefficient (Wildman–Crippen LogP) is 4.10. The summed E-state index contributed by atoms with van der Waals surface area (Å²) in [5, 5.41) is 0. The first-order valence-corrected chi connectivity index (χ1v) is 6.48. The van der Waals surface area contributed by atoms with Crippen molar-refractivity contribution in [3.05, 3.63) is 11.1 Å². The Kier molecular flexibility index (Phi) is 3.59. The Labute approximate surface area is 102 Å². The second-order valence-corrected chi connectivity index (χ2v) is 7.40. The summed E-state index contributed by atoms with van der Waals surface area (Å²) in [6, 6.07) is 0. The van der Waals surface area contributed by atoms with E-state index >= 15 is 0 Å². The third-order valence-corrected chi connectivity index (χ3v) is 3.63. The van der Waals surface area contributed by atoms with Gasteiger partial charge in [0.05, 0.1) is 0 Å². The van der Waals surface area contributed by atoms with Gasteiger partial charge in [-0.1, -0.05) is 38.8 Å². The highest BCUT2D eigenvalue weighted by Crippen LogP contribution is 2.38. The van der Waals surface area contributed by atoms with Gasteiger partial charge in [-0.3, -0.25) is 4.90 Å². The van der Waals surface area contributed by atoms with Crippen LogP contribution in [0.1, 0.15) is 55.4 Å². The molecule has 0 saturated carbocycles. The lowest BCUT2D eigenvalue weighted by Crippen LogP contribution is -2.48. The summed E-state index contributed by atoms with van der Waals surface area (Å²) in [6.45, 7) is 21.0. The van der Waals surface area contributed by atoms with Crippen LogP contribution in [0.5, 0.6) is 0 Å². The molecular formula is C15H29N. The van der Waals surface area contributed by atoms with Crippen molar-refractivity contribution in [3.8, 4) is 0 Å². The maximum atomic E-state index is 2.60. The maximum absolute atomic E-state index is 2.60. The van der Waals surface area contributed by atoms with Crippen LogP contribution in [0.2, 0.25) is 0 Å². The average molecular weight is 223 g/mol. The molecule has 1 heterocycles. The molecule has 0 spiro atoms. The largest absolute Gasteiger partial charge is 0.294 e. The van der Waals surface area contributed by atoms with Crippen LogP contribution in [0.3, 0.4) is 0 Å². The minimum atomic E-state index is 0.291. The zero-order valence-electron chi connectivity index (χ0n) is 12.4. The third-order valence-electron chi connectivity index (χ3n) is 3.63. The lowest BCUT2D eigenvalue weighted by Gasteiger charge is -2.45. The first-order valence-electron chi connectivity index (χ1n) is 6.48. The Bertz CT molecular complexity index is 286. The SMILES string of the molecule is CC1=C(C(C)(C)C)C(C)CN(C(C)(C)C)C1. The van der Waals surface area contributed by atoms with E-state index in [4.69, 9.17) is 0 Å². The highest BCUT2D eigenvalue weighted by molar-refractivity contribution is 5.25. The molecule has 0 bridgehead atoms. The quantitative estimate of drug-likeness (QED) is 0.559. The topological polar surface area (TPSA) is 3.24 Å². The minimum Gasteiger partial charge on any atom is -0.294 e. The number of hydrogen-bond donors (Lipinski definition) is 0. The smallest absolute Gasteiger partial charge is 0.0198 e. The van der Waals surface area contributed by atoms with E-state index < -0.39 is 0 Å². The molecule has 1 unspecified atom stereocenters. The predicted molar refractivity (Wildman–Crippen MR) is 72.6 cm³/mol. The summed E-state index contributed by atoms with van der Waals surface area (Å²) >= 11 is 0. The van der Waals surface area contributed by atoms with E-state index in [1.165, 1.54) is 6.54 Å². The van der Waals surface area contributed by atoms with E-state index in [1.807, 2.05) is 0 Å². The average Bonchev–Trinajstić information content (AvgIpc) is 1.97. The standard InChI is InChI=1S/C15H29N/c1-11-9-16(15(6,7)8)10-12(2)13(11)14(3,4)5/h11H,9-10H2,1-8H3. The van der Waals surface area contributed by atoms with Gasteiger partial charge in [0, 0.05) is 18.6 Å². The fourth-order valence-electron chi connectivity index (χ4n) is 3.17. The normalized spacial score (nSPS) is 25.1. The molecule has 1 aliphatic heterocycles. The summed E-state index contributed by atoms with van der Waals surface area (Å²) in [7, 11) is 0. The van der Waals surface area contributed by atoms with E-state index in [9.17, 15) is 0 Å². The molecule has 0 radical (unpaired) electrons. The van der Waals surface area contributed by atoms with E-state index in [1.54, 1.807) is 11.1 Å². The fraction of sp³-hybridized carbons (Fsp3) is 0.867. The van der Waals surface area contributed by atoms with Crippen LogP contribution >= 0.6 is 0 Å². The van der Waals surface area contributed by atoms with Gasteiger partial charge in [-0.05, 0) is 39.0 Å². The van der Waals surface area contributed by atoms with Crippen LogP contribution in [0.25, 0.3) is 0 Å². The maximum Gasteiger partial charge on any atom is 0.0198 e. The Morgan fingerprint density at radius 3 is 1.88 bits per heavy atom. The highest BCUT2D eigenvalue weighted by atomic mass is 15.2. The molecule has 1 atom stereocenters. The van der Waals surface area contributed by atoms with Crippen molar-refractivity contribution in [2.24, 2.45) is 11.3 Å². The molecule has 0 aromatic heterocycles. The van der Waals surface area contributed by atoms with Gasteiger partial charge in [-0.15, -0.1) is 0 Å². The Hall–Kier alpha value is -0.300. The summed E-state index contributed by atoms with van der Waals surface area (Å²) in [6.07, 6.45) is 0. The molecule has 0 saturated heterocycles. The monoisotopic (exact) mass is 223 g/mol. The van der Waals surface area contributed by atoms with Gasteiger partial charge in [0.1, 0.15) is 0 Å². The van der Waals surface area contributed by atoms with Gasteiger partial charge in [0.25, 0.3) is 0 Å². The van der Waals surface area contributed by atoms with Gasteiger partial charge in [-0.2, -0.15) is 0 Å². The fourth-order valence-corrected chi connectivity index (χ4v) is 3.17. The Balaban J connectivity index is 3.00. The summed E-state index contributed by atoms with van der Waals surface area (Å²) in [5.41, 5.74) is 3.88. The molecule has 1 aliphatic rings. The molecule has 1 nitrogen and oxygen atoms in total. The van der Waals surface area contributed by atoms with Gasteiger partial charge < -0.3 is 0 Å². The molecule has 0 fully saturated rings. The zero-order chi connectivity index (χ0) is 12.7. The van der Waals surface area contributed by atoms with E-state index in [-0.39, 0.29) is 0 Å². The van der Waals surface area contributed by atoms with Gasteiger partial charge >= 0.3 is 0 Å². The van der Waals surface area contributed by atoms with E-state index in [2.05, 4.69) is 60.3 Å². The first-order chi connectivity index (χ1) is 7.03. The van der Waals surface area contributed by atoms with Crippen molar-refractivity contribution >= 4 is 0 Å². The van der Waals surface area contributed by atoms with Crippen molar-refractivity contribution in [1.29, 1.82) is 0 Å². The summed E-state index contributed by atoms with van der Waals surface area (Å²) in [5.74, 6) is 0.688. The molecule has 0 N–H and O–H groups in total. The lowest BCUT2D eigenvalue weighted by atomic mass is 9.74. The highest BCUT2D eigenvalue weighted by Gasteiger charge is 2.33. The minimum absolute atomic E-state index is 0.291. The van der Waals surface area contributed by atoms with Crippen LogP contribution < -0.4 is 0 Å². The van der Waals surface area contributed by atoms with Crippen LogP contribution in [-0.2, 0) is 0 Å². The van der Waals surface area contributed by atoms with Crippen LogP contribution in [0.4, 0.5) is 0 Å². The molecule has 94 valence electrons. The first kappa shape index (κ1) is 13.8. The van der Waals surface area contributed by atoms with Crippen molar-refractivity contribution in [2.45, 2.75) is 60.9 Å². The Morgan fingerprint density at radius 2 is 1.56 bits per heavy atom. The molecule has 0 aromatic rings. The van der Waals surface area contributed by atoms with Crippen molar-refractivity contribution in [3.63, 3.8) is 0 Å². The number of rotatable bonds is 0. The van der Waals surface area contributed by atoms with E-state index in [0.29, 0.717) is 16.9 Å². The second kappa shape index (κ2) is 4.18. The van der Waals surface area contributed by atoms with Gasteiger partial charge in [0.2, 0.25) is 0 Å². The van der Waals surface area contributed by atoms with Crippen LogP contribution in [-0.4, -0.2) is 23.5 Å². The van der Waals surface area contributed by atoms with Crippen LogP contribution in [0.15, 0.2) is 11.1 Å². The molecule has 1 heteroatoms. The van der Waals surface area contributed by atoms with Crippen LogP contribution in [0, 0.1) is 11.3 Å². The zero-order valence-corrected chi connectivity index (χ0v) is 12.4. The number of nitrogens with zero attached hydrogens (tertiary/aromatic N) is 1. The number of hydrogen-bond acceptors (Lipinski definition) is 1. The van der Waals surface area contributed by atoms with Gasteiger partial charge in [-0.25, -0.2) is 0 Å². The molecule has 0 amide bonds. The molecular weight excluding hydrogens is 194 g/mol. The summed E-state index contributed by atoms with van der Waals surface area (Å²) in [4.78, 5) is 2.60. The molecule has 0 aromatic carbocycles. The van der Waals surface area contributed by atoms with Gasteiger partial charge in [0.15, 0.2) is 0 Å². The summed E-state index contributed by atoms with van der Waals surface area (Å²) < 4.78 is 0. The lowest BCUT2D eigenvalue weighted by molar-refractivity contribution is 0.118. The van der Waals surface area contributed by atoms with E-state index in [0.717, 1.165) is 6.54 Å². The van der Waals surface area contributed by atoms with Crippen molar-refractivity contribution < 1.29 is 0 Å². The Morgan fingerprint density at radius 1 is 1.06 bits per heavy atom.